The highest BCUT2D eigenvalue weighted by atomic mass is 31.1. The van der Waals surface area contributed by atoms with Crippen LogP contribution >= 0.6 is 8.58 Å². The molecule has 2 aliphatic rings. The number of nitrogens with one attached hydrogen (secondary N) is 4. The summed E-state index contributed by atoms with van der Waals surface area (Å²) in [6, 6.07) is 5.38. The van der Waals surface area contributed by atoms with Crippen molar-refractivity contribution in [2.45, 2.75) is 89.8 Å². The predicted molar refractivity (Wildman–Crippen MR) is 216 cm³/mol. The first-order chi connectivity index (χ1) is 26.3. The van der Waals surface area contributed by atoms with Gasteiger partial charge in [0.05, 0.1) is 19.1 Å². The summed E-state index contributed by atoms with van der Waals surface area (Å²) in [5.74, 6) is -3.48. The quantitative estimate of drug-likeness (QED) is 0.0488. The van der Waals surface area contributed by atoms with Gasteiger partial charge in [0.15, 0.2) is 0 Å². The molecule has 5 amide bonds. The van der Waals surface area contributed by atoms with Crippen molar-refractivity contribution in [3.8, 4) is 0 Å². The van der Waals surface area contributed by atoms with Crippen molar-refractivity contribution in [1.29, 1.82) is 0 Å². The van der Waals surface area contributed by atoms with E-state index in [2.05, 4.69) is 40.5 Å². The molecular weight excluding hydrogens is 719 g/mol. The molecule has 3 rings (SSSR count). The van der Waals surface area contributed by atoms with Crippen molar-refractivity contribution in [1.82, 2.24) is 31.1 Å². The summed E-state index contributed by atoms with van der Waals surface area (Å²) in [5, 5.41) is 21.2. The van der Waals surface area contributed by atoms with E-state index in [-0.39, 0.29) is 49.6 Å². The second-order valence-corrected chi connectivity index (χ2v) is 16.0. The molecule has 1 fully saturated rings. The third kappa shape index (κ3) is 13.7. The topological polar surface area (TPSA) is 177 Å². The van der Waals surface area contributed by atoms with E-state index in [9.17, 15) is 28.8 Å². The highest BCUT2D eigenvalue weighted by Gasteiger charge is 2.37. The van der Waals surface area contributed by atoms with Gasteiger partial charge in [-0.2, -0.15) is 0 Å². The maximum absolute atomic E-state index is 13.5. The van der Waals surface area contributed by atoms with Gasteiger partial charge < -0.3 is 36.2 Å². The van der Waals surface area contributed by atoms with Crippen LogP contribution in [0.15, 0.2) is 60.6 Å². The SMILES string of the molecule is C=CC(CC(=O)NCC(=C)N1CCCC1C(=O)NC(CCC)C(=O)C(=O)NCC(=O)NC(C(=O)N(C)C)C1Cc2ccccc2C1)C/C(=C\C)PCCCO. The molecule has 5 atom stereocenters. The van der Waals surface area contributed by atoms with Crippen molar-refractivity contribution < 1.29 is 33.9 Å². The highest BCUT2D eigenvalue weighted by molar-refractivity contribution is 7.43. The average molecular weight is 781 g/mol. The molecule has 5 unspecified atom stereocenters. The molecular formula is C41H61N6O7P. The molecule has 0 spiro atoms. The molecule has 0 aromatic heterocycles. The van der Waals surface area contributed by atoms with Gasteiger partial charge in [-0.1, -0.05) is 70.2 Å². The predicted octanol–water partition coefficient (Wildman–Crippen LogP) is 2.59. The minimum atomic E-state index is -1.10. The van der Waals surface area contributed by atoms with Crippen molar-refractivity contribution in [3.63, 3.8) is 0 Å². The lowest BCUT2D eigenvalue weighted by molar-refractivity contribution is -0.141. The zero-order valence-corrected chi connectivity index (χ0v) is 34.0. The number of rotatable bonds is 23. The van der Waals surface area contributed by atoms with Crippen LogP contribution in [-0.4, -0.2) is 115 Å². The third-order valence-electron chi connectivity index (χ3n) is 10.2. The molecule has 1 aromatic carbocycles. The average Bonchev–Trinajstić information content (AvgIpc) is 3.85. The van der Waals surface area contributed by atoms with Gasteiger partial charge in [-0.05, 0) is 81.0 Å². The number of Topliss-reactive ketones (excluding diaryl/α,β-unsaturated/α-hetero) is 1. The molecule has 5 N–H and O–H groups in total. The Hall–Kier alpha value is -4.35. The van der Waals surface area contributed by atoms with Crippen LogP contribution < -0.4 is 21.3 Å². The van der Waals surface area contributed by atoms with Crippen LogP contribution in [0.5, 0.6) is 0 Å². The van der Waals surface area contributed by atoms with Gasteiger partial charge in [-0.15, -0.1) is 6.58 Å². The Bertz CT molecular complexity index is 1550. The van der Waals surface area contributed by atoms with Gasteiger partial charge in [0, 0.05) is 39.4 Å². The largest absolute Gasteiger partial charge is 0.396 e. The van der Waals surface area contributed by atoms with E-state index in [1.54, 1.807) is 20.2 Å². The Kier molecular flexibility index (Phi) is 18.7. The standard InChI is InChI=1S/C41H61N6O7P/c1-7-14-33(38(51)40(53)43-26-36(50)45-37(41(54)46(5)6)31-23-29-15-10-11-16-30(29)24-31)44-39(52)34-17-12-18-47(34)27(4)25-42-35(49)22-28(8-2)21-32(9-3)55-20-13-19-48/h8-11,15-16,28,31,33-34,37,48,55H,2,4,7,12-14,17-26H2,1,3,5-6H3,(H,42,49)(H,43,53)(H,44,52)(H,45,50)/b32-9+. The summed E-state index contributed by atoms with van der Waals surface area (Å²) in [4.78, 5) is 82.1. The van der Waals surface area contributed by atoms with Crippen LogP contribution in [0, 0.1) is 11.8 Å². The van der Waals surface area contributed by atoms with E-state index < -0.39 is 48.2 Å². The summed E-state index contributed by atoms with van der Waals surface area (Å²) in [5.41, 5.74) is 2.83. The number of aliphatic hydroxyl groups excluding tert-OH is 1. The smallest absolute Gasteiger partial charge is 0.290 e. The number of likely N-dealkylation sites (tertiary alicyclic amines) is 1. The number of hydrogen-bond donors (Lipinski definition) is 5. The number of hydrogen-bond acceptors (Lipinski definition) is 8. The second kappa shape index (κ2) is 22.9. The molecule has 1 aliphatic heterocycles. The number of ketones is 1. The molecule has 1 saturated heterocycles. The maximum atomic E-state index is 13.5. The van der Waals surface area contributed by atoms with Crippen LogP contribution in [0.2, 0.25) is 0 Å². The molecule has 1 aliphatic carbocycles. The minimum absolute atomic E-state index is 0.0365. The number of allylic oxidation sites excluding steroid dienone is 3. The van der Waals surface area contributed by atoms with Gasteiger partial charge in [-0.3, -0.25) is 28.8 Å². The Morgan fingerprint density at radius 1 is 1.02 bits per heavy atom. The van der Waals surface area contributed by atoms with Gasteiger partial charge in [-0.25, -0.2) is 0 Å². The number of likely N-dealkylation sites (N-methyl/N-ethyl adjacent to an activating group) is 1. The van der Waals surface area contributed by atoms with Crippen molar-refractivity contribution in [2.75, 3.05) is 46.5 Å². The maximum Gasteiger partial charge on any atom is 0.290 e. The lowest BCUT2D eigenvalue weighted by Gasteiger charge is -2.29. The summed E-state index contributed by atoms with van der Waals surface area (Å²) < 4.78 is 0. The molecule has 1 aromatic rings. The number of aliphatic hydroxyl groups is 1. The zero-order valence-electron chi connectivity index (χ0n) is 33.0. The molecule has 13 nitrogen and oxygen atoms in total. The summed E-state index contributed by atoms with van der Waals surface area (Å²) in [7, 11) is 3.84. The van der Waals surface area contributed by atoms with Crippen LogP contribution in [-0.2, 0) is 41.6 Å². The molecule has 55 heavy (non-hydrogen) atoms. The highest BCUT2D eigenvalue weighted by Crippen LogP contribution is 2.32. The lowest BCUT2D eigenvalue weighted by atomic mass is 9.95. The Balaban J connectivity index is 1.51. The molecule has 302 valence electrons. The normalized spacial score (nSPS) is 17.2. The second-order valence-electron chi connectivity index (χ2n) is 14.5. The number of carbonyl (C=O) groups excluding carboxylic acids is 6. The van der Waals surface area contributed by atoms with Crippen molar-refractivity contribution in [3.05, 3.63) is 71.7 Å². The third-order valence-corrected chi connectivity index (χ3v) is 11.7. The van der Waals surface area contributed by atoms with Crippen LogP contribution in [0.3, 0.4) is 0 Å². The van der Waals surface area contributed by atoms with Crippen LogP contribution in [0.4, 0.5) is 0 Å². The fourth-order valence-corrected chi connectivity index (χ4v) is 8.38. The number of benzene rings is 1. The molecule has 14 heteroatoms. The zero-order chi connectivity index (χ0) is 40.5. The number of fused-ring (bicyclic) bond motifs is 1. The lowest BCUT2D eigenvalue weighted by Crippen LogP contribution is -2.55. The van der Waals surface area contributed by atoms with Crippen LogP contribution in [0.1, 0.15) is 69.9 Å². The summed E-state index contributed by atoms with van der Waals surface area (Å²) in [6.45, 7) is 12.2. The minimum Gasteiger partial charge on any atom is -0.396 e. The molecule has 1 heterocycles. The Morgan fingerprint density at radius 2 is 1.71 bits per heavy atom. The molecule has 0 bridgehead atoms. The fraction of sp³-hybridized carbons (Fsp3) is 0.561. The Morgan fingerprint density at radius 3 is 2.31 bits per heavy atom. The first-order valence-electron chi connectivity index (χ1n) is 19.4. The van der Waals surface area contributed by atoms with Crippen LogP contribution in [0.25, 0.3) is 0 Å². The van der Waals surface area contributed by atoms with Crippen molar-refractivity contribution in [2.24, 2.45) is 11.8 Å². The first-order valence-corrected chi connectivity index (χ1v) is 20.6. The molecule has 0 saturated carbocycles. The monoisotopic (exact) mass is 780 g/mol. The number of carbonyl (C=O) groups is 6. The van der Waals surface area contributed by atoms with E-state index in [0.717, 1.165) is 30.1 Å². The molecule has 0 radical (unpaired) electrons. The van der Waals surface area contributed by atoms with E-state index in [0.29, 0.717) is 52.9 Å². The van der Waals surface area contributed by atoms with E-state index >= 15 is 0 Å². The van der Waals surface area contributed by atoms with E-state index in [4.69, 9.17) is 5.11 Å². The Labute approximate surface area is 328 Å². The fourth-order valence-electron chi connectivity index (χ4n) is 7.12. The first kappa shape index (κ1) is 45.0. The van der Waals surface area contributed by atoms with Gasteiger partial charge in [0.1, 0.15) is 12.1 Å². The number of nitrogens with zero attached hydrogens (tertiary/aromatic N) is 2. The van der Waals surface area contributed by atoms with E-state index in [1.165, 1.54) is 10.2 Å². The van der Waals surface area contributed by atoms with Gasteiger partial charge in [0.25, 0.3) is 5.91 Å². The van der Waals surface area contributed by atoms with E-state index in [1.807, 2.05) is 43.0 Å². The van der Waals surface area contributed by atoms with Crippen molar-refractivity contribution >= 4 is 43.9 Å². The summed E-state index contributed by atoms with van der Waals surface area (Å²) in [6.07, 6.45) is 9.72. The van der Waals surface area contributed by atoms with Gasteiger partial charge in [0.2, 0.25) is 29.4 Å². The van der Waals surface area contributed by atoms with Gasteiger partial charge >= 0.3 is 0 Å². The summed E-state index contributed by atoms with van der Waals surface area (Å²) >= 11 is 0. The number of amides is 5.